The van der Waals surface area contributed by atoms with Crippen molar-refractivity contribution in [2.75, 3.05) is 6.61 Å². The highest BCUT2D eigenvalue weighted by Crippen LogP contribution is 2.14. The quantitative estimate of drug-likeness (QED) is 0.737. The molecule has 1 N–H and O–H groups in total. The summed E-state index contributed by atoms with van der Waals surface area (Å²) in [5.74, 6) is -1.79. The Labute approximate surface area is 101 Å². The van der Waals surface area contributed by atoms with Gasteiger partial charge in [-0.15, -0.1) is 0 Å². The molecule has 1 atom stereocenters. The van der Waals surface area contributed by atoms with E-state index in [-0.39, 0.29) is 17.9 Å². The van der Waals surface area contributed by atoms with Crippen molar-refractivity contribution in [1.82, 2.24) is 19.6 Å². The molecule has 1 unspecified atom stereocenters. The molecule has 0 saturated heterocycles. The van der Waals surface area contributed by atoms with Gasteiger partial charge in [-0.05, 0) is 6.92 Å². The summed E-state index contributed by atoms with van der Waals surface area (Å²) in [5.41, 5.74) is 0.0469. The molecule has 2 aromatic heterocycles. The van der Waals surface area contributed by atoms with Crippen LogP contribution in [0.5, 0.6) is 0 Å². The number of hydrogen-bond acceptors (Lipinski definition) is 6. The van der Waals surface area contributed by atoms with Gasteiger partial charge in [0.15, 0.2) is 11.6 Å². The Morgan fingerprint density at radius 3 is 3.17 bits per heavy atom. The SMILES string of the molecule is CCOC(=O)C(C#N)c1cc2n[nH]c(=O)n2cn1. The van der Waals surface area contributed by atoms with Crippen LogP contribution in [0.4, 0.5) is 0 Å². The van der Waals surface area contributed by atoms with Crippen LogP contribution in [0.25, 0.3) is 5.65 Å². The molecule has 0 radical (unpaired) electrons. The molecule has 8 nitrogen and oxygen atoms in total. The van der Waals surface area contributed by atoms with E-state index in [0.717, 1.165) is 0 Å². The maximum Gasteiger partial charge on any atom is 0.348 e. The Morgan fingerprint density at radius 1 is 1.72 bits per heavy atom. The van der Waals surface area contributed by atoms with E-state index in [1.54, 1.807) is 6.92 Å². The third-order valence-corrected chi connectivity index (χ3v) is 2.28. The summed E-state index contributed by atoms with van der Waals surface area (Å²) < 4.78 is 5.94. The molecule has 0 aliphatic rings. The van der Waals surface area contributed by atoms with E-state index >= 15 is 0 Å². The fourth-order valence-corrected chi connectivity index (χ4v) is 1.45. The first-order valence-corrected chi connectivity index (χ1v) is 5.16. The smallest absolute Gasteiger partial charge is 0.348 e. The first-order chi connectivity index (χ1) is 8.67. The first kappa shape index (κ1) is 11.8. The zero-order valence-corrected chi connectivity index (χ0v) is 9.45. The van der Waals surface area contributed by atoms with E-state index in [9.17, 15) is 9.59 Å². The Hall–Kier alpha value is -2.69. The molecule has 0 spiro atoms. The van der Waals surface area contributed by atoms with Gasteiger partial charge in [0.25, 0.3) is 0 Å². The van der Waals surface area contributed by atoms with Gasteiger partial charge in [0, 0.05) is 6.07 Å². The van der Waals surface area contributed by atoms with Crippen molar-refractivity contribution in [3.63, 3.8) is 0 Å². The molecule has 8 heteroatoms. The number of ether oxygens (including phenoxy) is 1. The highest BCUT2D eigenvalue weighted by molar-refractivity contribution is 5.81. The number of esters is 1. The summed E-state index contributed by atoms with van der Waals surface area (Å²) >= 11 is 0. The van der Waals surface area contributed by atoms with Crippen LogP contribution in [0, 0.1) is 11.3 Å². The largest absolute Gasteiger partial charge is 0.465 e. The van der Waals surface area contributed by atoms with Crippen LogP contribution in [0.1, 0.15) is 18.5 Å². The summed E-state index contributed by atoms with van der Waals surface area (Å²) in [5, 5.41) is 14.9. The molecule has 0 saturated carbocycles. The number of aromatic nitrogens is 4. The lowest BCUT2D eigenvalue weighted by Crippen LogP contribution is -2.17. The molecule has 18 heavy (non-hydrogen) atoms. The molecule has 2 aromatic rings. The second kappa shape index (κ2) is 4.67. The maximum absolute atomic E-state index is 11.5. The number of rotatable bonds is 3. The van der Waals surface area contributed by atoms with Gasteiger partial charge in [0.1, 0.15) is 6.33 Å². The van der Waals surface area contributed by atoms with E-state index in [1.807, 2.05) is 6.07 Å². The number of fused-ring (bicyclic) bond motifs is 1. The fraction of sp³-hybridized carbons (Fsp3) is 0.300. The average Bonchev–Trinajstić information content (AvgIpc) is 2.72. The number of carbonyl (C=O) groups excluding carboxylic acids is 1. The predicted molar refractivity (Wildman–Crippen MR) is 58.6 cm³/mol. The molecule has 2 rings (SSSR count). The monoisotopic (exact) mass is 247 g/mol. The normalized spacial score (nSPS) is 12.0. The van der Waals surface area contributed by atoms with E-state index in [2.05, 4.69) is 15.2 Å². The van der Waals surface area contributed by atoms with Gasteiger partial charge in [0.2, 0.25) is 0 Å². The number of aromatic amines is 1. The minimum atomic E-state index is -1.12. The Kier molecular flexibility index (Phi) is 3.05. The van der Waals surface area contributed by atoms with Crippen LogP contribution >= 0.6 is 0 Å². The van der Waals surface area contributed by atoms with Crippen molar-refractivity contribution in [3.8, 4) is 6.07 Å². The predicted octanol–water partition coefficient (Wildman–Crippen LogP) is -0.412. The van der Waals surface area contributed by atoms with Crippen molar-refractivity contribution in [1.29, 1.82) is 5.26 Å². The third kappa shape index (κ3) is 1.93. The number of nitrogens with one attached hydrogen (secondary N) is 1. The zero-order chi connectivity index (χ0) is 13.1. The summed E-state index contributed by atoms with van der Waals surface area (Å²) in [7, 11) is 0. The number of carbonyl (C=O) groups is 1. The summed E-state index contributed by atoms with van der Waals surface area (Å²) in [6.07, 6.45) is 1.21. The molecule has 0 aromatic carbocycles. The summed E-state index contributed by atoms with van der Waals surface area (Å²) in [6, 6.07) is 3.20. The zero-order valence-electron chi connectivity index (χ0n) is 9.45. The minimum absolute atomic E-state index is 0.182. The minimum Gasteiger partial charge on any atom is -0.465 e. The molecule has 0 bridgehead atoms. The third-order valence-electron chi connectivity index (χ3n) is 2.28. The Balaban J connectivity index is 2.43. The molecule has 0 aliphatic heterocycles. The standard InChI is InChI=1S/C10H9N5O3/c1-2-18-9(16)6(4-11)7-3-8-13-14-10(17)15(8)5-12-7/h3,5-6H,2H2,1H3,(H,14,17). The topological polar surface area (TPSA) is 113 Å². The van der Waals surface area contributed by atoms with Crippen molar-refractivity contribution in [2.24, 2.45) is 0 Å². The van der Waals surface area contributed by atoms with Crippen LogP contribution in [-0.4, -0.2) is 32.2 Å². The van der Waals surface area contributed by atoms with Gasteiger partial charge in [-0.1, -0.05) is 0 Å². The highest BCUT2D eigenvalue weighted by Gasteiger charge is 2.23. The summed E-state index contributed by atoms with van der Waals surface area (Å²) in [4.78, 5) is 26.6. The van der Waals surface area contributed by atoms with Gasteiger partial charge in [-0.3, -0.25) is 4.79 Å². The number of nitrogens with zero attached hydrogens (tertiary/aromatic N) is 4. The Bertz CT molecular complexity index is 681. The van der Waals surface area contributed by atoms with Crippen molar-refractivity contribution < 1.29 is 9.53 Å². The fourth-order valence-electron chi connectivity index (χ4n) is 1.45. The number of H-pyrrole nitrogens is 1. The van der Waals surface area contributed by atoms with E-state index in [0.29, 0.717) is 0 Å². The van der Waals surface area contributed by atoms with Gasteiger partial charge >= 0.3 is 11.7 Å². The van der Waals surface area contributed by atoms with Crippen LogP contribution in [0.2, 0.25) is 0 Å². The molecule has 0 amide bonds. The molecule has 2 heterocycles. The first-order valence-electron chi connectivity index (χ1n) is 5.16. The molecule has 0 fully saturated rings. The number of hydrogen-bond donors (Lipinski definition) is 1. The lowest BCUT2D eigenvalue weighted by molar-refractivity contribution is -0.143. The second-order valence-electron chi connectivity index (χ2n) is 3.38. The van der Waals surface area contributed by atoms with Gasteiger partial charge in [0.05, 0.1) is 18.4 Å². The van der Waals surface area contributed by atoms with Crippen molar-refractivity contribution in [2.45, 2.75) is 12.8 Å². The molecule has 92 valence electrons. The number of nitriles is 1. The van der Waals surface area contributed by atoms with E-state index in [4.69, 9.17) is 10.00 Å². The molecular formula is C10H9N5O3. The van der Waals surface area contributed by atoms with E-state index in [1.165, 1.54) is 16.8 Å². The summed E-state index contributed by atoms with van der Waals surface area (Å²) in [6.45, 7) is 1.83. The highest BCUT2D eigenvalue weighted by atomic mass is 16.5. The van der Waals surface area contributed by atoms with Crippen LogP contribution in [0.15, 0.2) is 17.2 Å². The maximum atomic E-state index is 11.5. The Morgan fingerprint density at radius 2 is 2.50 bits per heavy atom. The van der Waals surface area contributed by atoms with Gasteiger partial charge < -0.3 is 4.74 Å². The van der Waals surface area contributed by atoms with Crippen LogP contribution in [-0.2, 0) is 9.53 Å². The lowest BCUT2D eigenvalue weighted by Gasteiger charge is -2.07. The van der Waals surface area contributed by atoms with Gasteiger partial charge in [-0.2, -0.15) is 10.4 Å². The second-order valence-corrected chi connectivity index (χ2v) is 3.38. The van der Waals surface area contributed by atoms with Crippen molar-refractivity contribution in [3.05, 3.63) is 28.6 Å². The lowest BCUT2D eigenvalue weighted by atomic mass is 10.1. The van der Waals surface area contributed by atoms with Crippen LogP contribution < -0.4 is 5.69 Å². The van der Waals surface area contributed by atoms with Crippen molar-refractivity contribution >= 4 is 11.6 Å². The van der Waals surface area contributed by atoms with E-state index < -0.39 is 17.6 Å². The van der Waals surface area contributed by atoms with Crippen LogP contribution in [0.3, 0.4) is 0 Å². The molecule has 0 aliphatic carbocycles. The average molecular weight is 247 g/mol. The molecular weight excluding hydrogens is 238 g/mol. The van der Waals surface area contributed by atoms with Gasteiger partial charge in [-0.25, -0.2) is 19.3 Å².